The van der Waals surface area contributed by atoms with Crippen LogP contribution < -0.4 is 10.1 Å². The van der Waals surface area contributed by atoms with E-state index in [0.717, 1.165) is 6.07 Å². The monoisotopic (exact) mass is 299 g/mol. The van der Waals surface area contributed by atoms with E-state index < -0.39 is 17.8 Å². The second kappa shape index (κ2) is 5.77. The van der Waals surface area contributed by atoms with Crippen LogP contribution in [0.15, 0.2) is 30.5 Å². The Balaban J connectivity index is 2.60. The topological polar surface area (TPSA) is 39.1 Å². The Labute approximate surface area is 120 Å². The van der Waals surface area contributed by atoms with Crippen molar-refractivity contribution in [3.8, 4) is 5.75 Å². The van der Waals surface area contributed by atoms with Gasteiger partial charge in [0, 0.05) is 7.05 Å². The first-order chi connectivity index (χ1) is 9.90. The van der Waals surface area contributed by atoms with E-state index in [-0.39, 0.29) is 5.56 Å². The van der Waals surface area contributed by atoms with Gasteiger partial charge >= 0.3 is 6.18 Å². The predicted octanol–water partition coefficient (Wildman–Crippen LogP) is 2.76. The summed E-state index contributed by atoms with van der Waals surface area (Å²) in [5.74, 6) is 0.439. The Kier molecular flexibility index (Phi) is 4.22. The third kappa shape index (κ3) is 2.87. The normalized spacial score (nSPS) is 13.2. The van der Waals surface area contributed by atoms with E-state index in [1.165, 1.54) is 30.1 Å². The summed E-state index contributed by atoms with van der Waals surface area (Å²) in [5.41, 5.74) is -0.00120. The summed E-state index contributed by atoms with van der Waals surface area (Å²) in [4.78, 5) is 0. The van der Waals surface area contributed by atoms with Crippen molar-refractivity contribution >= 4 is 0 Å². The van der Waals surface area contributed by atoms with Crippen LogP contribution >= 0.6 is 0 Å². The molecule has 4 nitrogen and oxygen atoms in total. The van der Waals surface area contributed by atoms with Crippen molar-refractivity contribution in [2.24, 2.45) is 7.05 Å². The molecule has 0 bridgehead atoms. The molecule has 1 atom stereocenters. The zero-order chi connectivity index (χ0) is 15.6. The Morgan fingerprint density at radius 3 is 2.52 bits per heavy atom. The largest absolute Gasteiger partial charge is 0.493 e. The van der Waals surface area contributed by atoms with Crippen molar-refractivity contribution in [1.82, 2.24) is 15.1 Å². The lowest BCUT2D eigenvalue weighted by molar-refractivity contribution is -0.138. The van der Waals surface area contributed by atoms with Gasteiger partial charge in [-0.15, -0.1) is 0 Å². The maximum atomic E-state index is 13.2. The van der Waals surface area contributed by atoms with Crippen LogP contribution in [0.2, 0.25) is 0 Å². The van der Waals surface area contributed by atoms with Crippen LogP contribution in [-0.4, -0.2) is 23.9 Å². The van der Waals surface area contributed by atoms with E-state index in [0.29, 0.717) is 11.4 Å². The number of nitrogens with one attached hydrogen (secondary N) is 1. The van der Waals surface area contributed by atoms with Crippen molar-refractivity contribution < 1.29 is 17.9 Å². The molecule has 0 fully saturated rings. The van der Waals surface area contributed by atoms with E-state index in [9.17, 15) is 13.2 Å². The summed E-state index contributed by atoms with van der Waals surface area (Å²) in [5, 5.41) is 6.95. The summed E-state index contributed by atoms with van der Waals surface area (Å²) < 4.78 is 46.3. The number of alkyl halides is 3. The van der Waals surface area contributed by atoms with Gasteiger partial charge in [0.2, 0.25) is 0 Å². The number of aromatic nitrogens is 2. The first-order valence-corrected chi connectivity index (χ1v) is 6.29. The molecule has 0 aliphatic rings. The number of nitrogens with zero attached hydrogens (tertiary/aromatic N) is 2. The Hall–Kier alpha value is -2.02. The minimum Gasteiger partial charge on any atom is -0.493 e. The molecule has 0 aliphatic carbocycles. The van der Waals surface area contributed by atoms with Crippen molar-refractivity contribution in [2.75, 3.05) is 14.2 Å². The average Bonchev–Trinajstić information content (AvgIpc) is 2.81. The van der Waals surface area contributed by atoms with Gasteiger partial charge in [-0.2, -0.15) is 18.3 Å². The second-order valence-electron chi connectivity index (χ2n) is 4.53. The lowest BCUT2D eigenvalue weighted by Crippen LogP contribution is -2.24. The van der Waals surface area contributed by atoms with E-state index in [2.05, 4.69) is 10.4 Å². The molecule has 0 amide bonds. The molecule has 7 heteroatoms. The molecule has 1 aromatic heterocycles. The highest BCUT2D eigenvalue weighted by atomic mass is 19.4. The van der Waals surface area contributed by atoms with Crippen molar-refractivity contribution in [2.45, 2.75) is 12.2 Å². The molecule has 114 valence electrons. The summed E-state index contributed by atoms with van der Waals surface area (Å²) in [7, 11) is 4.73. The molecule has 1 aromatic carbocycles. The van der Waals surface area contributed by atoms with Gasteiger partial charge in [0.15, 0.2) is 5.75 Å². The number of methoxy groups -OCH3 is 1. The van der Waals surface area contributed by atoms with Crippen LogP contribution in [0.4, 0.5) is 13.2 Å². The zero-order valence-electron chi connectivity index (χ0n) is 11.9. The van der Waals surface area contributed by atoms with Crippen molar-refractivity contribution in [3.63, 3.8) is 0 Å². The summed E-state index contributed by atoms with van der Waals surface area (Å²) >= 11 is 0. The molecule has 1 unspecified atom stereocenters. The standard InChI is InChI=1S/C14H16F3N3O/c1-18-12(13-11(21-3)8-19-20(13)2)9-6-4-5-7-10(9)14(15,16)17/h4-8,12,18H,1-3H3. The van der Waals surface area contributed by atoms with Crippen LogP contribution in [0.1, 0.15) is 22.9 Å². The van der Waals surface area contributed by atoms with Gasteiger partial charge < -0.3 is 10.1 Å². The molecule has 0 saturated heterocycles. The van der Waals surface area contributed by atoms with E-state index in [4.69, 9.17) is 4.74 Å². The molecule has 0 radical (unpaired) electrons. The fourth-order valence-electron chi connectivity index (χ4n) is 2.36. The molecule has 0 spiro atoms. The molecule has 21 heavy (non-hydrogen) atoms. The Morgan fingerprint density at radius 2 is 1.95 bits per heavy atom. The first-order valence-electron chi connectivity index (χ1n) is 6.29. The van der Waals surface area contributed by atoms with E-state index in [1.807, 2.05) is 0 Å². The van der Waals surface area contributed by atoms with Gasteiger partial charge in [-0.25, -0.2) is 0 Å². The van der Waals surface area contributed by atoms with Gasteiger partial charge in [0.05, 0.1) is 24.9 Å². The SMILES string of the molecule is CNC(c1ccccc1C(F)(F)F)c1c(OC)cnn1C. The van der Waals surface area contributed by atoms with Crippen molar-refractivity contribution in [3.05, 3.63) is 47.3 Å². The summed E-state index contributed by atoms with van der Waals surface area (Å²) in [6.07, 6.45) is -2.94. The third-order valence-electron chi connectivity index (χ3n) is 3.31. The summed E-state index contributed by atoms with van der Waals surface area (Å²) in [6.45, 7) is 0. The first kappa shape index (κ1) is 15.4. The van der Waals surface area contributed by atoms with Gasteiger partial charge in [-0.3, -0.25) is 4.68 Å². The Bertz CT molecular complexity index is 622. The minimum atomic E-state index is -4.42. The minimum absolute atomic E-state index is 0.134. The van der Waals surface area contributed by atoms with Crippen LogP contribution in [0, 0.1) is 0 Å². The Morgan fingerprint density at radius 1 is 1.29 bits per heavy atom. The van der Waals surface area contributed by atoms with Crippen LogP contribution in [-0.2, 0) is 13.2 Å². The summed E-state index contributed by atoms with van der Waals surface area (Å²) in [6, 6.07) is 4.81. The number of aryl methyl sites for hydroxylation is 1. The number of hydrogen-bond donors (Lipinski definition) is 1. The van der Waals surface area contributed by atoms with Crippen LogP contribution in [0.3, 0.4) is 0 Å². The molecule has 0 aliphatic heterocycles. The number of hydrogen-bond acceptors (Lipinski definition) is 3. The van der Waals surface area contributed by atoms with E-state index in [1.54, 1.807) is 20.2 Å². The van der Waals surface area contributed by atoms with Gasteiger partial charge in [0.1, 0.15) is 5.69 Å². The lowest BCUT2D eigenvalue weighted by atomic mass is 9.97. The highest BCUT2D eigenvalue weighted by Crippen LogP contribution is 2.38. The highest BCUT2D eigenvalue weighted by Gasteiger charge is 2.36. The zero-order valence-corrected chi connectivity index (χ0v) is 11.9. The smallest absolute Gasteiger partial charge is 0.416 e. The fraction of sp³-hybridized carbons (Fsp3) is 0.357. The number of rotatable bonds is 4. The van der Waals surface area contributed by atoms with Crippen LogP contribution in [0.25, 0.3) is 0 Å². The van der Waals surface area contributed by atoms with E-state index >= 15 is 0 Å². The average molecular weight is 299 g/mol. The number of benzene rings is 1. The molecule has 1 N–H and O–H groups in total. The van der Waals surface area contributed by atoms with Crippen molar-refractivity contribution in [1.29, 1.82) is 0 Å². The van der Waals surface area contributed by atoms with Gasteiger partial charge in [-0.05, 0) is 18.7 Å². The molecular formula is C14H16F3N3O. The molecule has 1 heterocycles. The molecule has 2 aromatic rings. The molecular weight excluding hydrogens is 283 g/mol. The third-order valence-corrected chi connectivity index (χ3v) is 3.31. The lowest BCUT2D eigenvalue weighted by Gasteiger charge is -2.22. The second-order valence-corrected chi connectivity index (χ2v) is 4.53. The maximum absolute atomic E-state index is 13.2. The highest BCUT2D eigenvalue weighted by molar-refractivity contribution is 5.41. The molecule has 0 saturated carbocycles. The maximum Gasteiger partial charge on any atom is 0.416 e. The number of ether oxygens (including phenoxy) is 1. The predicted molar refractivity (Wildman–Crippen MR) is 72.1 cm³/mol. The van der Waals surface area contributed by atoms with Gasteiger partial charge in [-0.1, -0.05) is 18.2 Å². The number of halogens is 3. The van der Waals surface area contributed by atoms with Gasteiger partial charge in [0.25, 0.3) is 0 Å². The fourth-order valence-corrected chi connectivity index (χ4v) is 2.36. The molecule has 2 rings (SSSR count). The van der Waals surface area contributed by atoms with Crippen LogP contribution in [0.5, 0.6) is 5.75 Å². The quantitative estimate of drug-likeness (QED) is 0.943.